The van der Waals surface area contributed by atoms with Crippen molar-refractivity contribution in [2.75, 3.05) is 0 Å². The molecule has 1 nitrogen and oxygen atoms in total. The van der Waals surface area contributed by atoms with Gasteiger partial charge in [0.2, 0.25) is 0 Å². The fraction of sp³-hybridized carbons (Fsp3) is 0.615. The second kappa shape index (κ2) is 4.93. The van der Waals surface area contributed by atoms with E-state index in [1.165, 1.54) is 49.0 Å². The molecule has 1 aromatic rings. The Hall–Kier alpha value is -0.630. The number of rotatable bonds is 3. The fourth-order valence-corrected chi connectivity index (χ4v) is 3.57. The van der Waals surface area contributed by atoms with Gasteiger partial charge in [0, 0.05) is 4.88 Å². The summed E-state index contributed by atoms with van der Waals surface area (Å²) >= 11 is 1.69. The average molecular weight is 222 g/mol. The summed E-state index contributed by atoms with van der Waals surface area (Å²) in [6, 6.07) is 2.02. The molecule has 0 bridgehead atoms. The molecule has 1 aromatic heterocycles. The van der Waals surface area contributed by atoms with Crippen LogP contribution >= 0.6 is 11.3 Å². The molecule has 0 radical (unpaired) electrons. The highest BCUT2D eigenvalue weighted by Gasteiger charge is 2.16. The van der Waals surface area contributed by atoms with Crippen LogP contribution in [0.1, 0.15) is 52.2 Å². The number of aryl methyl sites for hydroxylation is 1. The highest BCUT2D eigenvalue weighted by molar-refractivity contribution is 7.13. The first-order valence-corrected chi connectivity index (χ1v) is 6.65. The van der Waals surface area contributed by atoms with Crippen LogP contribution in [0.5, 0.6) is 0 Å². The Morgan fingerprint density at radius 1 is 1.40 bits per heavy atom. The highest BCUT2D eigenvalue weighted by Crippen LogP contribution is 2.30. The van der Waals surface area contributed by atoms with Crippen molar-refractivity contribution in [1.82, 2.24) is 0 Å². The maximum Gasteiger partial charge on any atom is 0.160 e. The molecule has 0 spiro atoms. The van der Waals surface area contributed by atoms with E-state index in [9.17, 15) is 4.79 Å². The molecular formula is C13H18OS. The van der Waals surface area contributed by atoms with Gasteiger partial charge in [-0.05, 0) is 30.9 Å². The summed E-state index contributed by atoms with van der Waals surface area (Å²) in [4.78, 5) is 13.0. The van der Waals surface area contributed by atoms with E-state index in [1.54, 1.807) is 11.3 Å². The predicted molar refractivity (Wildman–Crippen MR) is 64.7 cm³/mol. The van der Waals surface area contributed by atoms with Gasteiger partial charge in [0.05, 0.1) is 4.88 Å². The molecule has 1 fully saturated rings. The van der Waals surface area contributed by atoms with Crippen LogP contribution < -0.4 is 0 Å². The summed E-state index contributed by atoms with van der Waals surface area (Å²) in [6.07, 6.45) is 9.15. The molecule has 0 aromatic carbocycles. The van der Waals surface area contributed by atoms with Gasteiger partial charge >= 0.3 is 0 Å². The molecular weight excluding hydrogens is 204 g/mol. The van der Waals surface area contributed by atoms with Gasteiger partial charge in [-0.2, -0.15) is 0 Å². The van der Waals surface area contributed by atoms with Crippen LogP contribution in [0.4, 0.5) is 0 Å². The minimum atomic E-state index is 0.871. The van der Waals surface area contributed by atoms with E-state index in [0.717, 1.165) is 17.1 Å². The van der Waals surface area contributed by atoms with E-state index >= 15 is 0 Å². The lowest BCUT2D eigenvalue weighted by Gasteiger charge is -2.21. The maximum absolute atomic E-state index is 10.7. The zero-order valence-corrected chi connectivity index (χ0v) is 10.1. The normalized spacial score (nSPS) is 17.9. The number of hydrogen-bond donors (Lipinski definition) is 0. The maximum atomic E-state index is 10.7. The summed E-state index contributed by atoms with van der Waals surface area (Å²) in [5.41, 5.74) is 1.31. The Balaban J connectivity index is 2.02. The first kappa shape index (κ1) is 10.9. The summed E-state index contributed by atoms with van der Waals surface area (Å²) in [7, 11) is 0. The van der Waals surface area contributed by atoms with Gasteiger partial charge < -0.3 is 0 Å². The lowest BCUT2D eigenvalue weighted by molar-refractivity contribution is 0.112. The van der Waals surface area contributed by atoms with Gasteiger partial charge in [0.1, 0.15) is 0 Å². The molecule has 82 valence electrons. The molecule has 1 saturated carbocycles. The second-order valence-electron chi connectivity index (χ2n) is 4.58. The third kappa shape index (κ3) is 2.69. The Labute approximate surface area is 95.5 Å². The first-order chi connectivity index (χ1) is 7.29. The van der Waals surface area contributed by atoms with Crippen LogP contribution in [0.25, 0.3) is 0 Å². The van der Waals surface area contributed by atoms with Crippen molar-refractivity contribution < 1.29 is 4.79 Å². The summed E-state index contributed by atoms with van der Waals surface area (Å²) in [6.45, 7) is 2.13. The van der Waals surface area contributed by atoms with Crippen LogP contribution in [0.2, 0.25) is 0 Å². The molecule has 2 heteroatoms. The third-order valence-electron chi connectivity index (χ3n) is 3.35. The Kier molecular flexibility index (Phi) is 3.57. The van der Waals surface area contributed by atoms with Crippen molar-refractivity contribution in [2.24, 2.45) is 5.92 Å². The lowest BCUT2D eigenvalue weighted by atomic mass is 9.86. The van der Waals surface area contributed by atoms with Gasteiger partial charge in [-0.1, -0.05) is 32.1 Å². The van der Waals surface area contributed by atoms with Crippen LogP contribution in [0.3, 0.4) is 0 Å². The third-order valence-corrected chi connectivity index (χ3v) is 4.54. The van der Waals surface area contributed by atoms with E-state index in [2.05, 4.69) is 6.92 Å². The van der Waals surface area contributed by atoms with Crippen molar-refractivity contribution in [3.8, 4) is 0 Å². The number of aldehydes is 1. The largest absolute Gasteiger partial charge is 0.297 e. The molecule has 0 amide bonds. The monoisotopic (exact) mass is 222 g/mol. The van der Waals surface area contributed by atoms with Gasteiger partial charge in [0.15, 0.2) is 6.29 Å². The van der Waals surface area contributed by atoms with Crippen molar-refractivity contribution in [3.63, 3.8) is 0 Å². The zero-order chi connectivity index (χ0) is 10.7. The van der Waals surface area contributed by atoms with E-state index in [-0.39, 0.29) is 0 Å². The molecule has 1 aliphatic rings. The van der Waals surface area contributed by atoms with Crippen LogP contribution in [-0.2, 0) is 6.42 Å². The molecule has 0 saturated heterocycles. The molecule has 2 rings (SSSR count). The van der Waals surface area contributed by atoms with Gasteiger partial charge in [-0.3, -0.25) is 4.79 Å². The highest BCUT2D eigenvalue weighted by atomic mass is 32.1. The minimum Gasteiger partial charge on any atom is -0.297 e. The van der Waals surface area contributed by atoms with Crippen molar-refractivity contribution in [2.45, 2.75) is 45.4 Å². The average Bonchev–Trinajstić information content (AvgIpc) is 2.61. The summed E-state index contributed by atoms with van der Waals surface area (Å²) < 4.78 is 0. The Bertz CT molecular complexity index is 334. The van der Waals surface area contributed by atoms with Crippen LogP contribution in [0.15, 0.2) is 6.07 Å². The van der Waals surface area contributed by atoms with Gasteiger partial charge in [-0.25, -0.2) is 0 Å². The smallest absolute Gasteiger partial charge is 0.160 e. The van der Waals surface area contributed by atoms with Crippen molar-refractivity contribution in [1.29, 1.82) is 0 Å². The number of hydrogen-bond acceptors (Lipinski definition) is 2. The SMILES string of the molecule is Cc1cc(C=O)sc1CC1CCCCC1. The predicted octanol–water partition coefficient (Wildman–Crippen LogP) is 3.99. The number of carbonyl (C=O) groups is 1. The number of carbonyl (C=O) groups excluding carboxylic acids is 1. The molecule has 0 N–H and O–H groups in total. The van der Waals surface area contributed by atoms with E-state index in [1.807, 2.05) is 6.07 Å². The lowest BCUT2D eigenvalue weighted by Crippen LogP contribution is -2.08. The molecule has 15 heavy (non-hydrogen) atoms. The van der Waals surface area contributed by atoms with Gasteiger partial charge in [0.25, 0.3) is 0 Å². The van der Waals surface area contributed by atoms with E-state index < -0.39 is 0 Å². The molecule has 1 aliphatic carbocycles. The Morgan fingerprint density at radius 2 is 2.13 bits per heavy atom. The summed E-state index contributed by atoms with van der Waals surface area (Å²) in [5.74, 6) is 0.871. The quantitative estimate of drug-likeness (QED) is 0.707. The molecule has 0 atom stereocenters. The topological polar surface area (TPSA) is 17.1 Å². The van der Waals surface area contributed by atoms with Crippen molar-refractivity contribution in [3.05, 3.63) is 21.4 Å². The first-order valence-electron chi connectivity index (χ1n) is 5.84. The molecule has 0 aliphatic heterocycles. The molecule has 1 heterocycles. The Morgan fingerprint density at radius 3 is 2.73 bits per heavy atom. The van der Waals surface area contributed by atoms with Crippen molar-refractivity contribution >= 4 is 17.6 Å². The summed E-state index contributed by atoms with van der Waals surface area (Å²) in [5, 5.41) is 0. The minimum absolute atomic E-state index is 0.871. The van der Waals surface area contributed by atoms with E-state index in [0.29, 0.717) is 0 Å². The second-order valence-corrected chi connectivity index (χ2v) is 5.75. The molecule has 0 unspecified atom stereocenters. The fourth-order valence-electron chi connectivity index (χ4n) is 2.46. The standard InChI is InChI=1S/C13H18OS/c1-10-7-12(9-14)15-13(10)8-11-5-3-2-4-6-11/h7,9,11H,2-6,8H2,1H3. The number of thiophene rings is 1. The zero-order valence-electron chi connectivity index (χ0n) is 9.29. The van der Waals surface area contributed by atoms with Crippen LogP contribution in [0, 0.1) is 12.8 Å². The van der Waals surface area contributed by atoms with Gasteiger partial charge in [-0.15, -0.1) is 11.3 Å². The van der Waals surface area contributed by atoms with Crippen LogP contribution in [-0.4, -0.2) is 6.29 Å². The van der Waals surface area contributed by atoms with E-state index in [4.69, 9.17) is 0 Å².